The monoisotopic (exact) mass is 572 g/mol. The number of halogens is 3. The minimum Gasteiger partial charge on any atom is -0.366 e. The molecule has 11 heteroatoms. The average Bonchev–Trinajstić information content (AvgIpc) is 2.84. The van der Waals surface area contributed by atoms with E-state index >= 15 is 0 Å². The zero-order valence-corrected chi connectivity index (χ0v) is 21.2. The number of benzene rings is 1. The van der Waals surface area contributed by atoms with E-state index in [1.807, 2.05) is 11.0 Å². The predicted molar refractivity (Wildman–Crippen MR) is 138 cm³/mol. The summed E-state index contributed by atoms with van der Waals surface area (Å²) in [7, 11) is 1.78. The molecule has 2 fully saturated rings. The number of piperazine rings is 2. The van der Waals surface area contributed by atoms with Gasteiger partial charge in [-0.05, 0) is 18.2 Å². The predicted octanol–water partition coefficient (Wildman–Crippen LogP) is 1.89. The number of rotatable bonds is 5. The highest BCUT2D eigenvalue weighted by Gasteiger charge is 2.23. The Hall–Kier alpha value is -2.28. The second-order valence-electron chi connectivity index (χ2n) is 7.92. The molecule has 3 heterocycles. The summed E-state index contributed by atoms with van der Waals surface area (Å²) >= 11 is 0. The summed E-state index contributed by atoms with van der Waals surface area (Å²) < 4.78 is 27.6. The maximum atomic E-state index is 14.1. The van der Waals surface area contributed by atoms with Crippen LogP contribution in [0.2, 0.25) is 0 Å². The summed E-state index contributed by atoms with van der Waals surface area (Å²) in [5.41, 5.74) is 0.327. The number of anilines is 2. The summed E-state index contributed by atoms with van der Waals surface area (Å²) in [5, 5.41) is 3.45. The Kier molecular flexibility index (Phi) is 9.41. The molecule has 0 bridgehead atoms. The van der Waals surface area contributed by atoms with Crippen molar-refractivity contribution in [3.05, 3.63) is 48.3 Å². The van der Waals surface area contributed by atoms with E-state index in [0.717, 1.165) is 57.2 Å². The van der Waals surface area contributed by atoms with Crippen molar-refractivity contribution in [1.82, 2.24) is 25.1 Å². The maximum Gasteiger partial charge on any atom is 0.225 e. The Labute approximate surface area is 210 Å². The number of nitrogens with zero attached hydrogens (tertiary/aromatic N) is 7. The first-order valence-corrected chi connectivity index (χ1v) is 11.0. The lowest BCUT2D eigenvalue weighted by Gasteiger charge is -2.38. The van der Waals surface area contributed by atoms with Gasteiger partial charge in [0.2, 0.25) is 5.95 Å². The molecule has 2 saturated heterocycles. The first-order chi connectivity index (χ1) is 15.6. The molecule has 1 aromatic carbocycles. The Bertz CT molecular complexity index is 901. The molecule has 0 radical (unpaired) electrons. The highest BCUT2D eigenvalue weighted by Crippen LogP contribution is 2.22. The molecule has 0 saturated carbocycles. The van der Waals surface area contributed by atoms with Crippen LogP contribution in [0.1, 0.15) is 0 Å². The van der Waals surface area contributed by atoms with Gasteiger partial charge < -0.3 is 20.0 Å². The van der Waals surface area contributed by atoms with Gasteiger partial charge in [0.05, 0.1) is 5.69 Å². The summed E-state index contributed by atoms with van der Waals surface area (Å²) in [5.74, 6) is 0.836. The van der Waals surface area contributed by atoms with Crippen molar-refractivity contribution in [3.8, 4) is 0 Å². The van der Waals surface area contributed by atoms with Crippen molar-refractivity contribution in [2.75, 3.05) is 82.3 Å². The number of aromatic nitrogens is 2. The molecule has 0 amide bonds. The molecule has 2 aliphatic heterocycles. The van der Waals surface area contributed by atoms with E-state index in [-0.39, 0.29) is 29.8 Å². The third kappa shape index (κ3) is 6.62. The Balaban J connectivity index is 0.00000306. The fourth-order valence-corrected chi connectivity index (χ4v) is 4.17. The second kappa shape index (κ2) is 12.3. The van der Waals surface area contributed by atoms with Crippen LogP contribution in [0.3, 0.4) is 0 Å². The fraction of sp³-hybridized carbons (Fsp3) is 0.500. The Morgan fingerprint density at radius 1 is 0.970 bits per heavy atom. The van der Waals surface area contributed by atoms with E-state index in [2.05, 4.69) is 35.0 Å². The van der Waals surface area contributed by atoms with Crippen LogP contribution in [0.5, 0.6) is 0 Å². The second-order valence-corrected chi connectivity index (χ2v) is 7.92. The smallest absolute Gasteiger partial charge is 0.225 e. The van der Waals surface area contributed by atoms with E-state index in [1.54, 1.807) is 19.4 Å². The topological polar surface area (TPSA) is 63.1 Å². The first kappa shape index (κ1) is 25.3. The van der Waals surface area contributed by atoms with Crippen molar-refractivity contribution in [1.29, 1.82) is 0 Å². The number of guanidine groups is 1. The molecule has 0 aliphatic carbocycles. The molecule has 1 N–H and O–H groups in total. The zero-order valence-electron chi connectivity index (χ0n) is 18.8. The molecular weight excluding hydrogens is 541 g/mol. The average molecular weight is 572 g/mol. The lowest BCUT2D eigenvalue weighted by molar-refractivity contribution is 0.258. The summed E-state index contributed by atoms with van der Waals surface area (Å²) in [6.45, 7) is 8.12. The van der Waals surface area contributed by atoms with Crippen molar-refractivity contribution in [3.63, 3.8) is 0 Å². The molecule has 0 unspecified atom stereocenters. The van der Waals surface area contributed by atoms with E-state index in [0.29, 0.717) is 31.9 Å². The normalized spacial score (nSPS) is 17.7. The van der Waals surface area contributed by atoms with Gasteiger partial charge in [-0.25, -0.2) is 18.7 Å². The van der Waals surface area contributed by atoms with Crippen molar-refractivity contribution in [2.45, 2.75) is 0 Å². The summed E-state index contributed by atoms with van der Waals surface area (Å²) in [6.07, 6.45) is 3.55. The largest absolute Gasteiger partial charge is 0.366 e. The highest BCUT2D eigenvalue weighted by molar-refractivity contribution is 14.0. The van der Waals surface area contributed by atoms with Gasteiger partial charge in [-0.1, -0.05) is 0 Å². The molecule has 0 spiro atoms. The Morgan fingerprint density at radius 3 is 2.30 bits per heavy atom. The standard InChI is InChI=1S/C22H30F2N8.HI/c1-25-21(31-15-13-30(14-16-31)20-17-18(23)3-4-19(20)24)28-7-8-29-9-11-32(12-10-29)22-26-5-2-6-27-22;/h2-6,17H,7-16H2,1H3,(H,25,28);1H. The molecule has 0 atom stereocenters. The van der Waals surface area contributed by atoms with Crippen LogP contribution in [0.4, 0.5) is 20.4 Å². The minimum atomic E-state index is -0.418. The molecule has 33 heavy (non-hydrogen) atoms. The number of aliphatic imine (C=N–C) groups is 1. The quantitative estimate of drug-likeness (QED) is 0.334. The lowest BCUT2D eigenvalue weighted by Crippen LogP contribution is -2.54. The van der Waals surface area contributed by atoms with Crippen LogP contribution in [0.15, 0.2) is 41.7 Å². The van der Waals surface area contributed by atoms with Crippen LogP contribution in [-0.2, 0) is 0 Å². The third-order valence-electron chi connectivity index (χ3n) is 5.96. The molecule has 4 rings (SSSR count). The van der Waals surface area contributed by atoms with E-state index in [1.165, 1.54) is 12.1 Å². The summed E-state index contributed by atoms with van der Waals surface area (Å²) in [6, 6.07) is 5.43. The van der Waals surface area contributed by atoms with Gasteiger partial charge in [0.25, 0.3) is 0 Å². The van der Waals surface area contributed by atoms with Gasteiger partial charge in [-0.2, -0.15) is 0 Å². The van der Waals surface area contributed by atoms with Crippen molar-refractivity contribution < 1.29 is 8.78 Å². The molecule has 1 aromatic heterocycles. The van der Waals surface area contributed by atoms with Crippen LogP contribution < -0.4 is 15.1 Å². The van der Waals surface area contributed by atoms with Crippen molar-refractivity contribution in [2.24, 2.45) is 4.99 Å². The van der Waals surface area contributed by atoms with Crippen LogP contribution in [0, 0.1) is 11.6 Å². The van der Waals surface area contributed by atoms with Crippen LogP contribution in [0.25, 0.3) is 0 Å². The Morgan fingerprint density at radius 2 is 1.64 bits per heavy atom. The van der Waals surface area contributed by atoms with E-state index < -0.39 is 5.82 Å². The van der Waals surface area contributed by atoms with E-state index in [4.69, 9.17) is 0 Å². The summed E-state index contributed by atoms with van der Waals surface area (Å²) in [4.78, 5) is 21.8. The van der Waals surface area contributed by atoms with Gasteiger partial charge in [0, 0.05) is 91.0 Å². The molecule has 180 valence electrons. The lowest BCUT2D eigenvalue weighted by atomic mass is 10.2. The van der Waals surface area contributed by atoms with Gasteiger partial charge in [-0.15, -0.1) is 24.0 Å². The zero-order chi connectivity index (χ0) is 22.3. The maximum absolute atomic E-state index is 14.1. The molecule has 2 aromatic rings. The SMILES string of the molecule is CN=C(NCCN1CCN(c2ncccn2)CC1)N1CCN(c2cc(F)ccc2F)CC1.I. The van der Waals surface area contributed by atoms with Crippen molar-refractivity contribution >= 4 is 41.6 Å². The highest BCUT2D eigenvalue weighted by atomic mass is 127. The first-order valence-electron chi connectivity index (χ1n) is 11.0. The number of hydrogen-bond acceptors (Lipinski definition) is 6. The number of nitrogens with one attached hydrogen (secondary N) is 1. The molecular formula is C22H31F2IN8. The molecule has 8 nitrogen and oxygen atoms in total. The fourth-order valence-electron chi connectivity index (χ4n) is 4.17. The van der Waals surface area contributed by atoms with Crippen LogP contribution >= 0.6 is 24.0 Å². The van der Waals surface area contributed by atoms with Crippen LogP contribution in [-0.4, -0.2) is 98.2 Å². The minimum absolute atomic E-state index is 0. The van der Waals surface area contributed by atoms with Gasteiger partial charge in [0.15, 0.2) is 5.96 Å². The van der Waals surface area contributed by atoms with Gasteiger partial charge >= 0.3 is 0 Å². The van der Waals surface area contributed by atoms with E-state index in [9.17, 15) is 8.78 Å². The third-order valence-corrected chi connectivity index (χ3v) is 5.96. The molecule has 2 aliphatic rings. The number of hydrogen-bond donors (Lipinski definition) is 1. The van der Waals surface area contributed by atoms with Gasteiger partial charge in [0.1, 0.15) is 11.6 Å². The van der Waals surface area contributed by atoms with Gasteiger partial charge in [-0.3, -0.25) is 9.89 Å².